The van der Waals surface area contributed by atoms with E-state index in [4.69, 9.17) is 21.1 Å². The first kappa shape index (κ1) is 22.4. The van der Waals surface area contributed by atoms with Crippen molar-refractivity contribution < 1.29 is 26.4 Å². The number of rotatable bonds is 0. The summed E-state index contributed by atoms with van der Waals surface area (Å²) in [6.07, 6.45) is 0. The van der Waals surface area contributed by atoms with Gasteiger partial charge in [-0.2, -0.15) is 0 Å². The Kier molecular flexibility index (Phi) is 97.5. The minimum absolute atomic E-state index is 0. The molecule has 0 spiro atoms. The van der Waals surface area contributed by atoms with Gasteiger partial charge in [-0.05, 0) is 0 Å². The van der Waals surface area contributed by atoms with E-state index in [1.807, 2.05) is 0 Å². The van der Waals surface area contributed by atoms with Crippen LogP contribution in [0, 0.1) is 49.4 Å². The minimum atomic E-state index is 0. The van der Waals surface area contributed by atoms with Crippen molar-refractivity contribution in [3.8, 4) is 0 Å². The molecule has 0 amide bonds. The molecule has 4 heteroatoms. The van der Waals surface area contributed by atoms with Crippen LogP contribution < -0.4 is 0 Å². The van der Waals surface area contributed by atoms with Crippen LogP contribution in [0.1, 0.15) is 0 Å². The Morgan fingerprint density at radius 1 is 0.917 bits per heavy atom. The van der Waals surface area contributed by atoms with Crippen LogP contribution in [0.2, 0.25) is 0 Å². The Morgan fingerprint density at radius 3 is 1.25 bits per heavy atom. The summed E-state index contributed by atoms with van der Waals surface area (Å²) in [4.78, 5) is 0. The average Bonchev–Trinajstić information content (AvgIpc) is 2.71. The molecule has 1 aromatic rings. The molecular formula is C8HFeNO2. The summed E-state index contributed by atoms with van der Waals surface area (Å²) in [5.41, 5.74) is 0. The molecule has 1 aromatic carbocycles. The van der Waals surface area contributed by atoms with Gasteiger partial charge in [-0.25, -0.2) is 0 Å². The van der Waals surface area contributed by atoms with Gasteiger partial charge in [-0.1, -0.05) is 0 Å². The second-order valence-corrected chi connectivity index (χ2v) is 0.683. The average molecular weight is 199 g/mol. The van der Waals surface area contributed by atoms with E-state index in [-0.39, 0.29) is 17.1 Å². The van der Waals surface area contributed by atoms with Gasteiger partial charge in [-0.15, -0.1) is 0 Å². The quantitative estimate of drug-likeness (QED) is 0.343. The monoisotopic (exact) mass is 199 g/mol. The summed E-state index contributed by atoms with van der Waals surface area (Å²) >= 11 is 0. The molecule has 0 saturated heterocycles. The zero-order chi connectivity index (χ0) is 9.54. The fraction of sp³-hybridized carbons (Fsp3) is 0. The zero-order valence-electron chi connectivity index (χ0n) is 5.69. The summed E-state index contributed by atoms with van der Waals surface area (Å²) in [5, 5.41) is 6.25. The summed E-state index contributed by atoms with van der Waals surface area (Å²) < 4.78 is 15.0. The molecule has 0 unspecified atom stereocenters. The largest absolute Gasteiger partial charge is 6.00 e. The van der Waals surface area contributed by atoms with Crippen LogP contribution in [-0.4, -0.2) is 0 Å². The van der Waals surface area contributed by atoms with Crippen molar-refractivity contribution in [2.45, 2.75) is 0 Å². The first-order chi connectivity index (χ1) is 5.50. The molecule has 0 saturated carbocycles. The van der Waals surface area contributed by atoms with E-state index >= 15 is 0 Å². The second-order valence-electron chi connectivity index (χ2n) is 0.683. The van der Waals surface area contributed by atoms with Crippen LogP contribution in [0.5, 0.6) is 0 Å². The Morgan fingerprint density at radius 2 is 1.17 bits per heavy atom. The Balaban J connectivity index is -0.0000000406. The minimum Gasteiger partial charge on any atom is -0.999 e. The van der Waals surface area contributed by atoms with Crippen molar-refractivity contribution in [1.29, 1.82) is 5.26 Å². The van der Waals surface area contributed by atoms with Crippen molar-refractivity contribution in [2.75, 3.05) is 0 Å². The van der Waals surface area contributed by atoms with Gasteiger partial charge in [0.05, 0.1) is 0 Å². The molecule has 0 N–H and O–H groups in total. The summed E-state index contributed by atoms with van der Waals surface area (Å²) in [5.74, 6) is 0. The molecule has 0 fully saturated rings. The van der Waals surface area contributed by atoms with E-state index < -0.39 is 0 Å². The van der Waals surface area contributed by atoms with Crippen LogP contribution >= 0.6 is 0 Å². The van der Waals surface area contributed by atoms with Crippen LogP contribution in [0.25, 0.3) is 0 Å². The molecule has 1 rings (SSSR count). The maximum Gasteiger partial charge on any atom is 6.00 e. The molecule has 0 aromatic heterocycles. The zero-order valence-corrected chi connectivity index (χ0v) is 6.80. The van der Waals surface area contributed by atoms with Crippen LogP contribution in [-0.2, 0) is 26.4 Å². The molecule has 58 valence electrons. The van der Waals surface area contributed by atoms with Crippen LogP contribution in [0.3, 0.4) is 0 Å². The van der Waals surface area contributed by atoms with Gasteiger partial charge < -0.3 is 42.2 Å². The van der Waals surface area contributed by atoms with Crippen LogP contribution in [0.15, 0.2) is 6.07 Å². The van der Waals surface area contributed by atoms with E-state index in [0.29, 0.717) is 0 Å². The van der Waals surface area contributed by atoms with E-state index in [0.717, 1.165) is 0 Å². The molecule has 0 radical (unpaired) electrons. The third kappa shape index (κ3) is 36.9. The predicted octanol–water partition coefficient (Wildman–Crippen LogP) is 0.625. The predicted molar refractivity (Wildman–Crippen MR) is 30.2 cm³/mol. The molecule has 0 heterocycles. The van der Waals surface area contributed by atoms with Gasteiger partial charge in [0.25, 0.3) is 0 Å². The molecule has 0 bridgehead atoms. The smallest absolute Gasteiger partial charge is 0.999 e. The third-order valence-electron chi connectivity index (χ3n) is 0.351. The van der Waals surface area contributed by atoms with Gasteiger partial charge >= 0.3 is 39.7 Å². The second kappa shape index (κ2) is 52.2. The fourth-order valence-electron chi connectivity index (χ4n) is 0.180. The van der Waals surface area contributed by atoms with Gasteiger partial charge in [0.2, 0.25) is 0 Å². The molecule has 3 nitrogen and oxygen atoms in total. The Hall–Kier alpha value is -1.16. The van der Waals surface area contributed by atoms with Crippen molar-refractivity contribution >= 4 is 0 Å². The molecule has 0 aliphatic carbocycles. The maximum absolute atomic E-state index is 7.50. The molecule has 0 aliphatic heterocycles. The first-order valence-corrected chi connectivity index (χ1v) is 1.96. The summed E-state index contributed by atoms with van der Waals surface area (Å²) in [6, 6.07) is 12.0. The van der Waals surface area contributed by atoms with Crippen molar-refractivity contribution in [3.05, 3.63) is 50.2 Å². The summed E-state index contributed by atoms with van der Waals surface area (Å²) in [6.45, 7) is 13.8. The topological polar surface area (TPSA) is 63.6 Å². The first-order valence-electron chi connectivity index (χ1n) is 1.96. The SMILES string of the molecule is [C-]#N.[C-]#[O+].[C-]#[O+].[Fe+6].[c-]1[c-][c-][cH-][c-]1. The van der Waals surface area contributed by atoms with Crippen LogP contribution in [0.4, 0.5) is 0 Å². The maximum atomic E-state index is 7.50. The van der Waals surface area contributed by atoms with Gasteiger partial charge in [-0.3, -0.25) is 0 Å². The third-order valence-corrected chi connectivity index (χ3v) is 0.351. The van der Waals surface area contributed by atoms with Gasteiger partial charge in [0, 0.05) is 0 Å². The molecule has 0 atom stereocenters. The Labute approximate surface area is 82.3 Å². The van der Waals surface area contributed by atoms with Crippen molar-refractivity contribution in [2.24, 2.45) is 0 Å². The number of nitrogens with zero attached hydrogens (tertiary/aromatic N) is 1. The normalized spacial score (nSPS) is 3.83. The summed E-state index contributed by atoms with van der Waals surface area (Å²) in [7, 11) is 0. The molecule has 12 heavy (non-hydrogen) atoms. The van der Waals surface area contributed by atoms with E-state index in [1.165, 1.54) is 0 Å². The van der Waals surface area contributed by atoms with Gasteiger partial charge in [0.15, 0.2) is 0 Å². The standard InChI is InChI=1S/C5H.CN.2CO.Fe/c1-2-4-5-3-1;3*1-2;/h1H;;;;/q-5;-1;;;+6. The van der Waals surface area contributed by atoms with E-state index in [2.05, 4.69) is 37.6 Å². The molecular weight excluding hydrogens is 198 g/mol. The molecule has 0 aliphatic rings. The number of hydrogen-bond donors (Lipinski definition) is 0. The fourth-order valence-corrected chi connectivity index (χ4v) is 0.180. The van der Waals surface area contributed by atoms with E-state index in [1.54, 1.807) is 6.07 Å². The van der Waals surface area contributed by atoms with Crippen molar-refractivity contribution in [3.63, 3.8) is 0 Å². The van der Waals surface area contributed by atoms with Gasteiger partial charge in [0.1, 0.15) is 0 Å². The Bertz CT molecular complexity index is 145. The van der Waals surface area contributed by atoms with Crippen molar-refractivity contribution in [1.82, 2.24) is 0 Å². The number of hydrogen-bond acceptors (Lipinski definition) is 1. The van der Waals surface area contributed by atoms with E-state index in [9.17, 15) is 0 Å².